The van der Waals surface area contributed by atoms with Crippen molar-refractivity contribution in [1.29, 1.82) is 0 Å². The lowest BCUT2D eigenvalue weighted by Gasteiger charge is -2.07. The van der Waals surface area contributed by atoms with Gasteiger partial charge in [-0.3, -0.25) is 9.59 Å². The Morgan fingerprint density at radius 3 is 2.43 bits per heavy atom. The van der Waals surface area contributed by atoms with E-state index in [-0.39, 0.29) is 17.4 Å². The van der Waals surface area contributed by atoms with Gasteiger partial charge in [0.25, 0.3) is 0 Å². The van der Waals surface area contributed by atoms with Crippen molar-refractivity contribution >= 4 is 28.2 Å². The van der Waals surface area contributed by atoms with Gasteiger partial charge in [0.15, 0.2) is 5.78 Å². The van der Waals surface area contributed by atoms with Crippen LogP contribution in [0.5, 0.6) is 11.5 Å². The summed E-state index contributed by atoms with van der Waals surface area (Å²) in [5.41, 5.74) is 1.08. The molecule has 0 fully saturated rings. The summed E-state index contributed by atoms with van der Waals surface area (Å²) in [7, 11) is 1.63. The quantitative estimate of drug-likeness (QED) is 0.331. The van der Waals surface area contributed by atoms with Gasteiger partial charge in [-0.25, -0.2) is 0 Å². The molecule has 5 nitrogen and oxygen atoms in total. The molecule has 0 saturated carbocycles. The molecule has 1 amide bonds. The van der Waals surface area contributed by atoms with Crippen molar-refractivity contribution in [2.24, 2.45) is 0 Å². The van der Waals surface area contributed by atoms with E-state index in [0.717, 1.165) is 16.5 Å². The Kier molecular flexibility index (Phi) is 6.27. The largest absolute Gasteiger partial charge is 0.506 e. The van der Waals surface area contributed by atoms with Crippen molar-refractivity contribution < 1.29 is 19.4 Å². The zero-order valence-corrected chi connectivity index (χ0v) is 15.8. The van der Waals surface area contributed by atoms with E-state index in [4.69, 9.17) is 4.74 Å². The number of phenolic OH excluding ortho intramolecular Hbond substituents is 1. The number of phenols is 1. The number of methoxy groups -OCH3 is 1. The molecule has 3 aromatic rings. The van der Waals surface area contributed by atoms with Crippen LogP contribution in [0, 0.1) is 0 Å². The number of aromatic hydroxyl groups is 1. The lowest BCUT2D eigenvalue weighted by atomic mass is 10.0. The number of hydrogen-bond donors (Lipinski definition) is 2. The van der Waals surface area contributed by atoms with Crippen molar-refractivity contribution in [3.8, 4) is 11.5 Å². The number of ketones is 1. The number of ether oxygens (including phenoxy) is 1. The minimum absolute atomic E-state index is 0.0416. The van der Waals surface area contributed by atoms with Crippen molar-refractivity contribution in [1.82, 2.24) is 0 Å². The number of Topliss-reactive ketones (excluding diaryl/α,β-unsaturated/α-hetero) is 1. The highest BCUT2D eigenvalue weighted by molar-refractivity contribution is 6.00. The minimum Gasteiger partial charge on any atom is -0.506 e. The molecule has 0 radical (unpaired) electrons. The Balaban J connectivity index is 1.48. The third-order valence-corrected chi connectivity index (χ3v) is 4.61. The van der Waals surface area contributed by atoms with Crippen LogP contribution in [0.4, 0.5) is 5.69 Å². The number of rotatable bonds is 8. The number of para-hydroxylation sites is 2. The van der Waals surface area contributed by atoms with E-state index in [1.165, 1.54) is 6.07 Å². The van der Waals surface area contributed by atoms with Crippen LogP contribution in [-0.4, -0.2) is 23.9 Å². The molecule has 0 unspecified atom stereocenters. The first-order valence-electron chi connectivity index (χ1n) is 9.25. The number of carbonyl (C=O) groups excluding carboxylic acids is 2. The predicted octanol–water partition coefficient (Wildman–Crippen LogP) is 4.94. The molecule has 0 aliphatic rings. The lowest BCUT2D eigenvalue weighted by molar-refractivity contribution is -0.116. The summed E-state index contributed by atoms with van der Waals surface area (Å²) in [5.74, 6) is 0.723. The second-order valence-electron chi connectivity index (χ2n) is 6.62. The summed E-state index contributed by atoms with van der Waals surface area (Å²) < 4.78 is 5.22. The average Bonchev–Trinajstić information content (AvgIpc) is 2.72. The fourth-order valence-electron chi connectivity index (χ4n) is 3.03. The molecule has 5 heteroatoms. The number of unbranched alkanes of at least 4 members (excludes halogenated alkanes) is 1. The highest BCUT2D eigenvalue weighted by Gasteiger charge is 2.09. The van der Waals surface area contributed by atoms with E-state index < -0.39 is 0 Å². The first-order valence-corrected chi connectivity index (χ1v) is 9.25. The number of fused-ring (bicyclic) bond motifs is 1. The van der Waals surface area contributed by atoms with Gasteiger partial charge in [0.2, 0.25) is 5.91 Å². The van der Waals surface area contributed by atoms with Crippen LogP contribution in [0.25, 0.3) is 10.8 Å². The van der Waals surface area contributed by atoms with Gasteiger partial charge in [0, 0.05) is 18.4 Å². The molecule has 28 heavy (non-hydrogen) atoms. The van der Waals surface area contributed by atoms with Crippen LogP contribution >= 0.6 is 0 Å². The van der Waals surface area contributed by atoms with Crippen LogP contribution < -0.4 is 10.1 Å². The van der Waals surface area contributed by atoms with E-state index in [1.807, 2.05) is 36.4 Å². The fraction of sp³-hybridized carbons (Fsp3) is 0.217. The van der Waals surface area contributed by atoms with Gasteiger partial charge >= 0.3 is 0 Å². The van der Waals surface area contributed by atoms with Gasteiger partial charge in [-0.15, -0.1) is 0 Å². The summed E-state index contributed by atoms with van der Waals surface area (Å²) in [6.07, 6.45) is 1.94. The van der Waals surface area contributed by atoms with Gasteiger partial charge < -0.3 is 15.2 Å². The van der Waals surface area contributed by atoms with Crippen LogP contribution in [0.2, 0.25) is 0 Å². The fourth-order valence-corrected chi connectivity index (χ4v) is 3.03. The molecular formula is C23H23NO4. The second-order valence-corrected chi connectivity index (χ2v) is 6.62. The maximum Gasteiger partial charge on any atom is 0.224 e. The zero-order valence-electron chi connectivity index (χ0n) is 15.8. The van der Waals surface area contributed by atoms with Gasteiger partial charge in [-0.2, -0.15) is 0 Å². The molecule has 0 heterocycles. The average molecular weight is 377 g/mol. The van der Waals surface area contributed by atoms with E-state index >= 15 is 0 Å². The van der Waals surface area contributed by atoms with Crippen LogP contribution in [-0.2, 0) is 4.79 Å². The molecule has 3 rings (SSSR count). The van der Waals surface area contributed by atoms with Gasteiger partial charge in [-0.05, 0) is 53.9 Å². The van der Waals surface area contributed by atoms with Crippen molar-refractivity contribution in [2.45, 2.75) is 25.7 Å². The van der Waals surface area contributed by atoms with Gasteiger partial charge in [-0.1, -0.05) is 30.3 Å². The molecule has 0 aliphatic heterocycles. The molecule has 0 atom stereocenters. The Morgan fingerprint density at radius 1 is 0.929 bits per heavy atom. The molecule has 0 aliphatic carbocycles. The monoisotopic (exact) mass is 377 g/mol. The van der Waals surface area contributed by atoms with Crippen molar-refractivity contribution in [3.63, 3.8) is 0 Å². The topological polar surface area (TPSA) is 75.6 Å². The molecule has 0 saturated heterocycles. The van der Waals surface area contributed by atoms with E-state index in [0.29, 0.717) is 36.9 Å². The Labute approximate surface area is 164 Å². The number of anilines is 1. The van der Waals surface area contributed by atoms with Crippen LogP contribution in [0.3, 0.4) is 0 Å². The van der Waals surface area contributed by atoms with E-state index in [1.54, 1.807) is 25.3 Å². The summed E-state index contributed by atoms with van der Waals surface area (Å²) in [6.45, 7) is 0. The van der Waals surface area contributed by atoms with E-state index in [9.17, 15) is 14.7 Å². The number of carbonyl (C=O) groups is 2. The molecule has 144 valence electrons. The number of benzene rings is 3. The normalized spacial score (nSPS) is 10.6. The lowest BCUT2D eigenvalue weighted by Crippen LogP contribution is -2.11. The molecule has 3 aromatic carbocycles. The van der Waals surface area contributed by atoms with Crippen molar-refractivity contribution in [3.05, 3.63) is 66.2 Å². The van der Waals surface area contributed by atoms with Gasteiger partial charge in [0.05, 0.1) is 12.8 Å². The standard InChI is InChI=1S/C23H23NO4/c1-28-19-13-12-16-14-18(11-10-17(16)15-19)21(25)7-4-5-9-23(27)24-20-6-2-3-8-22(20)26/h2-3,6,8,10-15,26H,4-5,7,9H2,1H3,(H,24,27). The maximum absolute atomic E-state index is 12.4. The summed E-state index contributed by atoms with van der Waals surface area (Å²) in [4.78, 5) is 24.4. The van der Waals surface area contributed by atoms with Gasteiger partial charge in [0.1, 0.15) is 11.5 Å². The highest BCUT2D eigenvalue weighted by atomic mass is 16.5. The minimum atomic E-state index is -0.173. The SMILES string of the molecule is COc1ccc2cc(C(=O)CCCCC(=O)Nc3ccccc3O)ccc2c1. The van der Waals surface area contributed by atoms with Crippen LogP contribution in [0.15, 0.2) is 60.7 Å². The Morgan fingerprint density at radius 2 is 1.64 bits per heavy atom. The predicted molar refractivity (Wildman–Crippen MR) is 110 cm³/mol. The highest BCUT2D eigenvalue weighted by Crippen LogP contribution is 2.23. The Bertz CT molecular complexity index is 997. The first kappa shape index (κ1) is 19.4. The van der Waals surface area contributed by atoms with E-state index in [2.05, 4.69) is 5.32 Å². The zero-order chi connectivity index (χ0) is 19.9. The number of amides is 1. The molecule has 0 aromatic heterocycles. The van der Waals surface area contributed by atoms with Crippen molar-refractivity contribution in [2.75, 3.05) is 12.4 Å². The Hall–Kier alpha value is -3.34. The summed E-state index contributed by atoms with van der Waals surface area (Å²) in [5, 5.41) is 14.4. The maximum atomic E-state index is 12.4. The third kappa shape index (κ3) is 4.88. The first-order chi connectivity index (χ1) is 13.6. The van der Waals surface area contributed by atoms with Crippen LogP contribution in [0.1, 0.15) is 36.0 Å². The molecule has 2 N–H and O–H groups in total. The smallest absolute Gasteiger partial charge is 0.224 e. The number of hydrogen-bond acceptors (Lipinski definition) is 4. The number of nitrogens with one attached hydrogen (secondary N) is 1. The summed E-state index contributed by atoms with van der Waals surface area (Å²) >= 11 is 0. The molecule has 0 spiro atoms. The third-order valence-electron chi connectivity index (χ3n) is 4.61. The summed E-state index contributed by atoms with van der Waals surface area (Å²) in [6, 6.07) is 18.0. The molecule has 0 bridgehead atoms. The second kappa shape index (κ2) is 9.04. The molecular weight excluding hydrogens is 354 g/mol.